The number of benzene rings is 1. The van der Waals surface area contributed by atoms with Gasteiger partial charge in [-0.25, -0.2) is 0 Å². The van der Waals surface area contributed by atoms with Crippen molar-refractivity contribution >= 4 is 23.2 Å². The molecule has 0 fully saturated rings. The smallest absolute Gasteiger partial charge is 0.143 e. The molecule has 2 rings (SSSR count). The molecule has 114 valence electrons. The molecule has 1 aromatic carbocycles. The molecule has 2 N–H and O–H groups in total. The van der Waals surface area contributed by atoms with E-state index >= 15 is 0 Å². The Morgan fingerprint density at radius 1 is 1.24 bits per heavy atom. The molecule has 0 aliphatic carbocycles. The number of hydrogen-bond donors (Lipinski definition) is 1. The van der Waals surface area contributed by atoms with Crippen LogP contribution in [0.5, 0.6) is 5.75 Å². The molecule has 0 radical (unpaired) electrons. The molecular formula is C15H19Cl2N3O. The summed E-state index contributed by atoms with van der Waals surface area (Å²) in [4.78, 5) is 0. The van der Waals surface area contributed by atoms with Crippen molar-refractivity contribution in [1.29, 1.82) is 0 Å². The first kappa shape index (κ1) is 16.1. The van der Waals surface area contributed by atoms with Crippen molar-refractivity contribution in [2.45, 2.75) is 40.0 Å². The third-order valence-electron chi connectivity index (χ3n) is 3.25. The SMILES string of the molecule is CCc1cc(COc2c(Cl)cc(Cl)cc2CN)n(CC)n1. The van der Waals surface area contributed by atoms with E-state index in [-0.39, 0.29) is 0 Å². The van der Waals surface area contributed by atoms with E-state index in [4.69, 9.17) is 33.7 Å². The zero-order valence-corrected chi connectivity index (χ0v) is 13.7. The van der Waals surface area contributed by atoms with Crippen LogP contribution in [0.4, 0.5) is 0 Å². The lowest BCUT2D eigenvalue weighted by Gasteiger charge is -2.13. The van der Waals surface area contributed by atoms with Crippen LogP contribution < -0.4 is 10.5 Å². The molecule has 0 spiro atoms. The highest BCUT2D eigenvalue weighted by Crippen LogP contribution is 2.32. The van der Waals surface area contributed by atoms with Crippen LogP contribution >= 0.6 is 23.2 Å². The van der Waals surface area contributed by atoms with E-state index in [0.717, 1.165) is 29.9 Å². The van der Waals surface area contributed by atoms with E-state index in [2.05, 4.69) is 25.0 Å². The molecule has 2 aromatic rings. The second-order valence-corrected chi connectivity index (χ2v) is 5.51. The lowest BCUT2D eigenvalue weighted by molar-refractivity contribution is 0.290. The lowest BCUT2D eigenvalue weighted by atomic mass is 10.2. The van der Waals surface area contributed by atoms with Crippen molar-refractivity contribution < 1.29 is 4.74 Å². The predicted octanol–water partition coefficient (Wildman–Crippen LogP) is 3.81. The van der Waals surface area contributed by atoms with Crippen molar-refractivity contribution in [2.24, 2.45) is 5.73 Å². The quantitative estimate of drug-likeness (QED) is 0.877. The first-order valence-corrected chi connectivity index (χ1v) is 7.71. The van der Waals surface area contributed by atoms with Crippen LogP contribution in [-0.4, -0.2) is 9.78 Å². The van der Waals surface area contributed by atoms with Gasteiger partial charge in [0.15, 0.2) is 0 Å². The normalized spacial score (nSPS) is 10.9. The van der Waals surface area contributed by atoms with E-state index in [0.29, 0.717) is 28.9 Å². The van der Waals surface area contributed by atoms with Crippen LogP contribution in [0.15, 0.2) is 18.2 Å². The molecule has 21 heavy (non-hydrogen) atoms. The molecule has 0 amide bonds. The molecule has 0 saturated carbocycles. The molecular weight excluding hydrogens is 309 g/mol. The van der Waals surface area contributed by atoms with Crippen LogP contribution in [0.3, 0.4) is 0 Å². The largest absolute Gasteiger partial charge is 0.485 e. The second-order valence-electron chi connectivity index (χ2n) is 4.66. The number of halogens is 2. The average molecular weight is 328 g/mol. The Balaban J connectivity index is 2.22. The minimum absolute atomic E-state index is 0.322. The summed E-state index contributed by atoms with van der Waals surface area (Å²) in [6.07, 6.45) is 0.899. The maximum atomic E-state index is 6.20. The Bertz CT molecular complexity index is 626. The van der Waals surface area contributed by atoms with Gasteiger partial charge in [-0.15, -0.1) is 0 Å². The van der Waals surface area contributed by atoms with E-state index in [9.17, 15) is 0 Å². The predicted molar refractivity (Wildman–Crippen MR) is 86.0 cm³/mol. The molecule has 0 aliphatic heterocycles. The lowest BCUT2D eigenvalue weighted by Crippen LogP contribution is -2.08. The number of aromatic nitrogens is 2. The Hall–Kier alpha value is -1.23. The summed E-state index contributed by atoms with van der Waals surface area (Å²) in [7, 11) is 0. The zero-order chi connectivity index (χ0) is 15.4. The van der Waals surface area contributed by atoms with Crippen LogP contribution in [0.1, 0.15) is 30.8 Å². The first-order valence-electron chi connectivity index (χ1n) is 6.95. The van der Waals surface area contributed by atoms with Gasteiger partial charge in [0.1, 0.15) is 12.4 Å². The van der Waals surface area contributed by atoms with Gasteiger partial charge in [0.05, 0.1) is 16.4 Å². The summed E-state index contributed by atoms with van der Waals surface area (Å²) in [6, 6.07) is 5.49. The molecule has 0 unspecified atom stereocenters. The molecule has 1 aromatic heterocycles. The van der Waals surface area contributed by atoms with Crippen molar-refractivity contribution in [3.63, 3.8) is 0 Å². The Labute approximate surface area is 134 Å². The van der Waals surface area contributed by atoms with Crippen LogP contribution in [0.2, 0.25) is 10.0 Å². The molecule has 0 atom stereocenters. The number of nitrogens with zero attached hydrogens (tertiary/aromatic N) is 2. The van der Waals surface area contributed by atoms with Gasteiger partial charge in [-0.05, 0) is 31.5 Å². The van der Waals surface area contributed by atoms with Gasteiger partial charge < -0.3 is 10.5 Å². The highest BCUT2D eigenvalue weighted by molar-refractivity contribution is 6.35. The summed E-state index contributed by atoms with van der Waals surface area (Å²) in [6.45, 7) is 5.65. The van der Waals surface area contributed by atoms with E-state index in [1.54, 1.807) is 12.1 Å². The molecule has 0 saturated heterocycles. The van der Waals surface area contributed by atoms with Crippen LogP contribution in [0.25, 0.3) is 0 Å². The number of rotatable bonds is 6. The van der Waals surface area contributed by atoms with Gasteiger partial charge in [-0.1, -0.05) is 30.1 Å². The summed E-state index contributed by atoms with van der Waals surface area (Å²) in [5.74, 6) is 0.588. The number of hydrogen-bond acceptors (Lipinski definition) is 3. The fraction of sp³-hybridized carbons (Fsp3) is 0.400. The minimum atomic E-state index is 0.322. The Morgan fingerprint density at radius 3 is 2.62 bits per heavy atom. The van der Waals surface area contributed by atoms with E-state index < -0.39 is 0 Å². The van der Waals surface area contributed by atoms with Crippen molar-refractivity contribution in [3.8, 4) is 5.75 Å². The van der Waals surface area contributed by atoms with E-state index in [1.165, 1.54) is 0 Å². The summed E-state index contributed by atoms with van der Waals surface area (Å²) >= 11 is 12.2. The maximum Gasteiger partial charge on any atom is 0.143 e. The summed E-state index contributed by atoms with van der Waals surface area (Å²) in [5, 5.41) is 5.53. The van der Waals surface area contributed by atoms with Crippen LogP contribution in [-0.2, 0) is 26.1 Å². The second kappa shape index (κ2) is 7.16. The molecule has 4 nitrogen and oxygen atoms in total. The van der Waals surface area contributed by atoms with E-state index in [1.807, 2.05) is 4.68 Å². The Kier molecular flexibility index (Phi) is 5.51. The summed E-state index contributed by atoms with van der Waals surface area (Å²) < 4.78 is 7.80. The fourth-order valence-corrected chi connectivity index (χ4v) is 2.74. The number of ether oxygens (including phenoxy) is 1. The fourth-order valence-electron chi connectivity index (χ4n) is 2.15. The average Bonchev–Trinajstić information content (AvgIpc) is 2.88. The first-order chi connectivity index (χ1) is 10.1. The standard InChI is InChI=1S/C15H19Cl2N3O/c1-3-12-7-13(20(4-2)19-12)9-21-15-10(8-18)5-11(16)6-14(15)17/h5-7H,3-4,8-9,18H2,1-2H3. The van der Waals surface area contributed by atoms with Crippen molar-refractivity contribution in [2.75, 3.05) is 0 Å². The van der Waals surface area contributed by atoms with Gasteiger partial charge in [0.25, 0.3) is 0 Å². The van der Waals surface area contributed by atoms with Gasteiger partial charge in [-0.2, -0.15) is 5.10 Å². The highest BCUT2D eigenvalue weighted by atomic mass is 35.5. The van der Waals surface area contributed by atoms with Gasteiger partial charge in [0.2, 0.25) is 0 Å². The summed E-state index contributed by atoms with van der Waals surface area (Å²) in [5.41, 5.74) is 8.59. The van der Waals surface area contributed by atoms with Gasteiger partial charge >= 0.3 is 0 Å². The minimum Gasteiger partial charge on any atom is -0.485 e. The third-order valence-corrected chi connectivity index (χ3v) is 3.74. The highest BCUT2D eigenvalue weighted by Gasteiger charge is 2.12. The van der Waals surface area contributed by atoms with Crippen molar-refractivity contribution in [3.05, 3.63) is 45.2 Å². The monoisotopic (exact) mass is 327 g/mol. The topological polar surface area (TPSA) is 53.1 Å². The zero-order valence-electron chi connectivity index (χ0n) is 12.2. The van der Waals surface area contributed by atoms with Gasteiger partial charge in [-0.3, -0.25) is 4.68 Å². The van der Waals surface area contributed by atoms with Crippen LogP contribution in [0, 0.1) is 0 Å². The Morgan fingerprint density at radius 2 is 2.00 bits per heavy atom. The molecule has 1 heterocycles. The van der Waals surface area contributed by atoms with Crippen molar-refractivity contribution in [1.82, 2.24) is 9.78 Å². The number of nitrogens with two attached hydrogens (primary N) is 1. The third kappa shape index (κ3) is 3.70. The maximum absolute atomic E-state index is 6.20. The molecule has 0 bridgehead atoms. The molecule has 0 aliphatic rings. The number of aryl methyl sites for hydroxylation is 2. The molecule has 6 heteroatoms. The van der Waals surface area contributed by atoms with Gasteiger partial charge in [0, 0.05) is 23.7 Å².